The fourth-order valence-corrected chi connectivity index (χ4v) is 6.87. The molecule has 8 nitrogen and oxygen atoms in total. The van der Waals surface area contributed by atoms with Crippen molar-refractivity contribution in [1.82, 2.24) is 10.2 Å². The summed E-state index contributed by atoms with van der Waals surface area (Å²) in [6.07, 6.45) is -0.558. The molecule has 1 heterocycles. The molecule has 0 spiro atoms. The van der Waals surface area contributed by atoms with Gasteiger partial charge in [0.05, 0.1) is 18.8 Å². The van der Waals surface area contributed by atoms with E-state index in [-0.39, 0.29) is 43.5 Å². The predicted octanol–water partition coefficient (Wildman–Crippen LogP) is 8.21. The zero-order chi connectivity index (χ0) is 37.0. The molecule has 1 aliphatic rings. The molecule has 5 aromatic rings. The number of benzene rings is 5. The van der Waals surface area contributed by atoms with Crippen molar-refractivity contribution in [2.24, 2.45) is 5.92 Å². The summed E-state index contributed by atoms with van der Waals surface area (Å²) in [5.41, 5.74) is 8.22. The monoisotopic (exact) mass is 712 g/mol. The Morgan fingerprint density at radius 2 is 1.30 bits per heavy atom. The maximum absolute atomic E-state index is 12.3. The maximum Gasteiger partial charge on any atom is 0.303 e. The molecule has 8 heteroatoms. The number of nitrogens with one attached hydrogen (secondary N) is 1. The van der Waals surface area contributed by atoms with E-state index < -0.39 is 12.3 Å². The van der Waals surface area contributed by atoms with Gasteiger partial charge in [0.2, 0.25) is 5.91 Å². The van der Waals surface area contributed by atoms with Crippen LogP contribution in [0.25, 0.3) is 11.1 Å². The Balaban J connectivity index is 1.24. The van der Waals surface area contributed by atoms with Crippen LogP contribution in [0.1, 0.15) is 72.0 Å². The first-order valence-electron chi connectivity index (χ1n) is 18.3. The van der Waals surface area contributed by atoms with Crippen LogP contribution in [-0.2, 0) is 45.3 Å². The number of amides is 1. The summed E-state index contributed by atoms with van der Waals surface area (Å²) in [5.74, 6) is -1.04. The predicted molar refractivity (Wildman–Crippen MR) is 205 cm³/mol. The van der Waals surface area contributed by atoms with Crippen molar-refractivity contribution in [1.29, 1.82) is 0 Å². The Labute approximate surface area is 312 Å². The van der Waals surface area contributed by atoms with Crippen LogP contribution in [0.5, 0.6) is 0 Å². The van der Waals surface area contributed by atoms with Crippen molar-refractivity contribution < 1.29 is 29.3 Å². The highest BCUT2D eigenvalue weighted by atomic mass is 16.7. The largest absolute Gasteiger partial charge is 0.481 e. The van der Waals surface area contributed by atoms with Crippen LogP contribution in [0, 0.1) is 5.92 Å². The van der Waals surface area contributed by atoms with E-state index in [1.807, 2.05) is 66.7 Å². The number of carboxylic acids is 1. The van der Waals surface area contributed by atoms with E-state index in [0.717, 1.165) is 46.5 Å². The fourth-order valence-electron chi connectivity index (χ4n) is 6.87. The summed E-state index contributed by atoms with van der Waals surface area (Å²) in [6, 6.07) is 45.3. The van der Waals surface area contributed by atoms with Crippen LogP contribution in [0.4, 0.5) is 0 Å². The Kier molecular flexibility index (Phi) is 13.2. The van der Waals surface area contributed by atoms with E-state index in [4.69, 9.17) is 14.6 Å². The minimum Gasteiger partial charge on any atom is -0.481 e. The number of ether oxygens (including phenoxy) is 2. The van der Waals surface area contributed by atoms with Crippen LogP contribution in [-0.4, -0.2) is 39.6 Å². The Bertz CT molecular complexity index is 1880. The minimum atomic E-state index is -0.901. The van der Waals surface area contributed by atoms with Gasteiger partial charge in [0.1, 0.15) is 0 Å². The lowest BCUT2D eigenvalue weighted by molar-refractivity contribution is -0.276. The first-order valence-corrected chi connectivity index (χ1v) is 18.3. The lowest BCUT2D eigenvalue weighted by Crippen LogP contribution is -2.44. The third kappa shape index (κ3) is 10.7. The van der Waals surface area contributed by atoms with Crippen molar-refractivity contribution in [3.05, 3.63) is 167 Å². The Morgan fingerprint density at radius 3 is 1.94 bits per heavy atom. The van der Waals surface area contributed by atoms with Crippen LogP contribution < -0.4 is 5.32 Å². The average Bonchev–Trinajstić information content (AvgIpc) is 3.19. The number of carbonyl (C=O) groups excluding carboxylic acids is 1. The third-order valence-electron chi connectivity index (χ3n) is 9.76. The smallest absolute Gasteiger partial charge is 0.303 e. The fraction of sp³-hybridized carbons (Fsp3) is 0.289. The zero-order valence-electron chi connectivity index (χ0n) is 30.1. The summed E-state index contributed by atoms with van der Waals surface area (Å²) >= 11 is 0. The van der Waals surface area contributed by atoms with Crippen LogP contribution in [0.2, 0.25) is 0 Å². The molecular formula is C45H48N2O6. The zero-order valence-corrected chi connectivity index (χ0v) is 30.1. The molecule has 4 atom stereocenters. The van der Waals surface area contributed by atoms with Crippen molar-refractivity contribution in [3.63, 3.8) is 0 Å². The van der Waals surface area contributed by atoms with Gasteiger partial charge in [-0.3, -0.25) is 14.5 Å². The third-order valence-corrected chi connectivity index (χ3v) is 9.76. The Hall–Kier alpha value is -5.12. The Morgan fingerprint density at radius 1 is 0.679 bits per heavy atom. The number of hydrogen-bond acceptors (Lipinski definition) is 6. The molecule has 3 N–H and O–H groups in total. The SMILES string of the molecule is CC1C(CN(Cc2ccccc2)Cc2ccccc2)OC(c2cccc(-c3cccc(CNC(=O)CCCC(=O)O)c3)c2)OC1c1ccc(CO)cc1. The second-order valence-corrected chi connectivity index (χ2v) is 13.8. The number of carbonyl (C=O) groups is 2. The molecule has 6 rings (SSSR count). The molecule has 1 fully saturated rings. The van der Waals surface area contributed by atoms with Gasteiger partial charge < -0.3 is 25.0 Å². The van der Waals surface area contributed by atoms with E-state index in [1.54, 1.807) is 0 Å². The lowest BCUT2D eigenvalue weighted by Gasteiger charge is -2.43. The molecule has 1 aliphatic heterocycles. The van der Waals surface area contributed by atoms with Gasteiger partial charge in [-0.15, -0.1) is 0 Å². The van der Waals surface area contributed by atoms with Gasteiger partial charge >= 0.3 is 5.97 Å². The van der Waals surface area contributed by atoms with E-state index in [1.165, 1.54) is 11.1 Å². The second kappa shape index (κ2) is 18.6. The van der Waals surface area contributed by atoms with Gasteiger partial charge in [-0.1, -0.05) is 128 Å². The highest BCUT2D eigenvalue weighted by Gasteiger charge is 2.39. The molecule has 1 saturated heterocycles. The first kappa shape index (κ1) is 37.6. The van der Waals surface area contributed by atoms with E-state index in [0.29, 0.717) is 19.5 Å². The molecule has 53 heavy (non-hydrogen) atoms. The lowest BCUT2D eigenvalue weighted by atomic mass is 9.89. The van der Waals surface area contributed by atoms with Gasteiger partial charge in [-0.2, -0.15) is 0 Å². The highest BCUT2D eigenvalue weighted by molar-refractivity contribution is 5.76. The minimum absolute atomic E-state index is 0.0171. The van der Waals surface area contributed by atoms with E-state index in [2.05, 4.69) is 83.9 Å². The van der Waals surface area contributed by atoms with Gasteiger partial charge in [-0.05, 0) is 57.5 Å². The van der Waals surface area contributed by atoms with Crippen molar-refractivity contribution in [3.8, 4) is 11.1 Å². The summed E-state index contributed by atoms with van der Waals surface area (Å²) in [7, 11) is 0. The van der Waals surface area contributed by atoms with Crippen LogP contribution >= 0.6 is 0 Å². The summed E-state index contributed by atoms with van der Waals surface area (Å²) in [4.78, 5) is 25.5. The van der Waals surface area contributed by atoms with Crippen molar-refractivity contribution in [2.75, 3.05) is 6.54 Å². The number of hydrogen-bond donors (Lipinski definition) is 3. The highest BCUT2D eigenvalue weighted by Crippen LogP contribution is 2.42. The second-order valence-electron chi connectivity index (χ2n) is 13.8. The average molecular weight is 713 g/mol. The van der Waals surface area contributed by atoms with E-state index >= 15 is 0 Å². The van der Waals surface area contributed by atoms with Crippen LogP contribution in [0.15, 0.2) is 133 Å². The van der Waals surface area contributed by atoms with Gasteiger partial charge in [0, 0.05) is 50.5 Å². The molecule has 274 valence electrons. The number of nitrogens with zero attached hydrogens (tertiary/aromatic N) is 1. The van der Waals surface area contributed by atoms with E-state index in [9.17, 15) is 14.7 Å². The molecule has 0 radical (unpaired) electrons. The molecule has 0 bridgehead atoms. The summed E-state index contributed by atoms with van der Waals surface area (Å²) in [6.45, 7) is 4.78. The van der Waals surface area contributed by atoms with Gasteiger partial charge in [0.15, 0.2) is 6.29 Å². The molecule has 5 aromatic carbocycles. The number of carboxylic acid groups (broad SMARTS) is 1. The number of aliphatic hydroxyl groups excluding tert-OH is 1. The molecule has 4 unspecified atom stereocenters. The summed E-state index contributed by atoms with van der Waals surface area (Å²) in [5, 5.41) is 21.5. The first-order chi connectivity index (χ1) is 25.8. The molecule has 0 aliphatic carbocycles. The van der Waals surface area contributed by atoms with Crippen molar-refractivity contribution >= 4 is 11.9 Å². The van der Waals surface area contributed by atoms with Crippen molar-refractivity contribution in [2.45, 2.75) is 70.9 Å². The molecular weight excluding hydrogens is 665 g/mol. The number of aliphatic hydroxyl groups is 1. The molecule has 0 aromatic heterocycles. The van der Waals surface area contributed by atoms with Gasteiger partial charge in [0.25, 0.3) is 0 Å². The number of aliphatic carboxylic acids is 1. The van der Waals surface area contributed by atoms with Gasteiger partial charge in [-0.25, -0.2) is 0 Å². The molecule has 1 amide bonds. The standard InChI is InChI=1S/C45H48N2O6/c1-32-41(30-47(28-33-11-4-2-5-12-33)29-34-13-6-3-7-14-34)52-45(53-44(32)37-23-21-35(31-48)22-24-37)40-18-9-17-39(26-40)38-16-8-15-36(25-38)27-46-42(49)19-10-20-43(50)51/h2-9,11-18,21-26,32,41,44-45,48H,10,19-20,27-31H2,1H3,(H,46,49)(H,50,51). The maximum atomic E-state index is 12.3. The quantitative estimate of drug-likeness (QED) is 0.0947. The topological polar surface area (TPSA) is 108 Å². The normalized spacial score (nSPS) is 18.5. The number of rotatable bonds is 16. The molecule has 0 saturated carbocycles. The van der Waals surface area contributed by atoms with Crippen LogP contribution in [0.3, 0.4) is 0 Å². The summed E-state index contributed by atoms with van der Waals surface area (Å²) < 4.78 is 13.8.